The minimum absolute atomic E-state index is 0.805. The van der Waals surface area contributed by atoms with Gasteiger partial charge in [0, 0.05) is 21.1 Å². The van der Waals surface area contributed by atoms with Crippen molar-refractivity contribution in [2.75, 3.05) is 0 Å². The summed E-state index contributed by atoms with van der Waals surface area (Å²) >= 11 is 0. The van der Waals surface area contributed by atoms with Crippen LogP contribution in [-0.4, -0.2) is 14.2 Å². The Morgan fingerprint density at radius 3 is 1.50 bits per heavy atom. The maximum Gasteiger partial charge on any atom is 0.319 e. The van der Waals surface area contributed by atoms with E-state index in [2.05, 4.69) is 0 Å². The van der Waals surface area contributed by atoms with Gasteiger partial charge in [-0.25, -0.2) is 14.2 Å². The van der Waals surface area contributed by atoms with E-state index in [1.54, 1.807) is 0 Å². The first-order valence-electron chi connectivity index (χ1n) is 3.30. The molecule has 1 aromatic rings. The zero-order chi connectivity index (χ0) is 9.46. The van der Waals surface area contributed by atoms with Gasteiger partial charge in [0.05, 0.1) is 0 Å². The summed E-state index contributed by atoms with van der Waals surface area (Å²) in [5, 5.41) is 0. The summed E-state index contributed by atoms with van der Waals surface area (Å²) in [6, 6.07) is 0. The van der Waals surface area contributed by atoms with Crippen LogP contribution in [0, 0.1) is 0 Å². The minimum atomic E-state index is -1.00. The third-order valence-electron chi connectivity index (χ3n) is 1.84. The fourth-order valence-corrected chi connectivity index (χ4v) is 0.850. The van der Waals surface area contributed by atoms with Gasteiger partial charge in [-0.1, -0.05) is 0 Å². The van der Waals surface area contributed by atoms with Crippen LogP contribution in [0.2, 0.25) is 0 Å². The van der Waals surface area contributed by atoms with Crippen LogP contribution in [0.1, 0.15) is 0 Å². The molecule has 1 heterocycles. The van der Waals surface area contributed by atoms with Gasteiger partial charge in [0.2, 0.25) is 0 Å². The van der Waals surface area contributed by atoms with Crippen molar-refractivity contribution in [2.45, 2.75) is 0 Å². The van der Waals surface area contributed by atoms with Crippen LogP contribution in [-0.2, 0) is 21.1 Å². The Morgan fingerprint density at radius 1 is 0.833 bits per heavy atom. The molecule has 0 aliphatic rings. The largest absolute Gasteiger partial charge is 0.319 e. The molecule has 0 amide bonds. The van der Waals surface area contributed by atoms with Gasteiger partial charge in [-0.2, -0.15) is 0 Å². The first-order chi connectivity index (χ1) is 5.46. The van der Waals surface area contributed by atoms with Gasteiger partial charge in [-0.05, 0) is 0 Å². The molecule has 0 aliphatic heterocycles. The average Bonchev–Trinajstić information content (AvgIpc) is 2.08. The van der Waals surface area contributed by atoms with E-state index in [1.165, 1.54) is 25.9 Å². The number of hydrogen-bond donors (Lipinski definition) is 0. The maximum atomic E-state index is 11.0. The summed E-state index contributed by atoms with van der Waals surface area (Å²) in [5.41, 5.74) is -2.61. The SMILES string of the molecule is Cn1c(=O)c(=O)c(=O)n(C)n1C. The molecule has 0 aromatic carbocycles. The highest BCUT2D eigenvalue weighted by Gasteiger charge is 2.06. The van der Waals surface area contributed by atoms with Crippen LogP contribution in [0.25, 0.3) is 0 Å². The molecule has 12 heavy (non-hydrogen) atoms. The van der Waals surface area contributed by atoms with Gasteiger partial charge in [0.25, 0.3) is 0 Å². The van der Waals surface area contributed by atoms with Crippen molar-refractivity contribution in [3.05, 3.63) is 30.9 Å². The van der Waals surface area contributed by atoms with Crippen molar-refractivity contribution in [3.63, 3.8) is 0 Å². The molecule has 0 spiro atoms. The Balaban J connectivity index is 4.00. The molecule has 0 N–H and O–H groups in total. The smallest absolute Gasteiger partial charge is 0.277 e. The number of nitrogens with zero attached hydrogens (tertiary/aromatic N) is 3. The Morgan fingerprint density at radius 2 is 1.17 bits per heavy atom. The first kappa shape index (κ1) is 8.51. The monoisotopic (exact) mass is 171 g/mol. The van der Waals surface area contributed by atoms with Gasteiger partial charge < -0.3 is 0 Å². The molecule has 0 atom stereocenters. The van der Waals surface area contributed by atoms with Gasteiger partial charge in [0.1, 0.15) is 0 Å². The Labute approximate surface area is 67.2 Å². The Bertz CT molecular complexity index is 436. The molecule has 0 fully saturated rings. The molecule has 66 valence electrons. The van der Waals surface area contributed by atoms with Crippen molar-refractivity contribution >= 4 is 0 Å². The zero-order valence-corrected chi connectivity index (χ0v) is 7.07. The predicted octanol–water partition coefficient (Wildman–Crippen LogP) is -2.22. The van der Waals surface area contributed by atoms with E-state index < -0.39 is 16.5 Å². The predicted molar refractivity (Wildman–Crippen MR) is 42.2 cm³/mol. The number of hydrogen-bond acceptors (Lipinski definition) is 3. The highest BCUT2D eigenvalue weighted by atomic mass is 16.2. The van der Waals surface area contributed by atoms with Gasteiger partial charge in [0.15, 0.2) is 0 Å². The van der Waals surface area contributed by atoms with E-state index in [1.807, 2.05) is 0 Å². The standard InChI is InChI=1S/C6H9N3O3/c1-7-5(11)4(10)6(12)8(2)9(7)3/h1-3H3. The van der Waals surface area contributed by atoms with E-state index in [0.717, 1.165) is 9.36 Å². The summed E-state index contributed by atoms with van der Waals surface area (Å²) in [5.74, 6) is 0. The second-order valence-electron chi connectivity index (χ2n) is 2.48. The van der Waals surface area contributed by atoms with Crippen LogP contribution in [0.4, 0.5) is 0 Å². The van der Waals surface area contributed by atoms with Crippen molar-refractivity contribution in [1.82, 2.24) is 14.2 Å². The van der Waals surface area contributed by atoms with Crippen LogP contribution in [0.3, 0.4) is 0 Å². The zero-order valence-electron chi connectivity index (χ0n) is 7.07. The molecule has 0 aliphatic carbocycles. The third-order valence-corrected chi connectivity index (χ3v) is 1.84. The van der Waals surface area contributed by atoms with Gasteiger partial charge >= 0.3 is 16.5 Å². The molecule has 6 heteroatoms. The molecule has 0 bridgehead atoms. The molecule has 0 radical (unpaired) electrons. The van der Waals surface area contributed by atoms with Crippen molar-refractivity contribution in [3.8, 4) is 0 Å². The van der Waals surface area contributed by atoms with Crippen LogP contribution in [0.15, 0.2) is 14.4 Å². The summed E-state index contributed by atoms with van der Waals surface area (Å²) < 4.78 is 2.15. The van der Waals surface area contributed by atoms with Crippen LogP contribution in [0.5, 0.6) is 0 Å². The van der Waals surface area contributed by atoms with Gasteiger partial charge in [-0.3, -0.25) is 14.4 Å². The van der Waals surface area contributed by atoms with Gasteiger partial charge in [-0.15, -0.1) is 0 Å². The number of aromatic nitrogens is 3. The molecular formula is C6H9N3O3. The fraction of sp³-hybridized carbons (Fsp3) is 0.500. The number of rotatable bonds is 0. The lowest BCUT2D eigenvalue weighted by Crippen LogP contribution is -2.52. The van der Waals surface area contributed by atoms with E-state index >= 15 is 0 Å². The van der Waals surface area contributed by atoms with E-state index in [4.69, 9.17) is 0 Å². The van der Waals surface area contributed by atoms with E-state index in [0.29, 0.717) is 0 Å². The second kappa shape index (κ2) is 2.47. The van der Waals surface area contributed by atoms with E-state index in [-0.39, 0.29) is 0 Å². The molecule has 1 aromatic heterocycles. The maximum absolute atomic E-state index is 11.0. The first-order valence-corrected chi connectivity index (χ1v) is 3.30. The Hall–Kier alpha value is -1.59. The highest BCUT2D eigenvalue weighted by Crippen LogP contribution is 1.64. The highest BCUT2D eigenvalue weighted by molar-refractivity contribution is 4.82. The summed E-state index contributed by atoms with van der Waals surface area (Å²) in [7, 11) is 4.36. The van der Waals surface area contributed by atoms with E-state index in [9.17, 15) is 14.4 Å². The molecular weight excluding hydrogens is 162 g/mol. The molecule has 1 rings (SSSR count). The summed E-state index contributed by atoms with van der Waals surface area (Å²) in [4.78, 5) is 34.1. The normalized spacial score (nSPS) is 10.2. The Kier molecular flexibility index (Phi) is 1.75. The van der Waals surface area contributed by atoms with Crippen LogP contribution < -0.4 is 16.5 Å². The quantitative estimate of drug-likeness (QED) is 0.415. The second-order valence-corrected chi connectivity index (χ2v) is 2.48. The lowest BCUT2D eigenvalue weighted by atomic mass is 10.6. The molecule has 0 saturated heterocycles. The lowest BCUT2D eigenvalue weighted by Gasteiger charge is -2.09. The minimum Gasteiger partial charge on any atom is -0.277 e. The van der Waals surface area contributed by atoms with Crippen molar-refractivity contribution in [2.24, 2.45) is 21.1 Å². The lowest BCUT2D eigenvalue weighted by molar-refractivity contribution is 0.382. The van der Waals surface area contributed by atoms with Crippen molar-refractivity contribution < 1.29 is 0 Å². The van der Waals surface area contributed by atoms with Crippen LogP contribution >= 0.6 is 0 Å². The fourth-order valence-electron chi connectivity index (χ4n) is 0.850. The third kappa shape index (κ3) is 0.919. The molecule has 0 saturated carbocycles. The summed E-state index contributed by atoms with van der Waals surface area (Å²) in [6.45, 7) is 0. The molecule has 0 unspecified atom stereocenters. The topological polar surface area (TPSA) is 66.0 Å². The molecule has 6 nitrogen and oxygen atoms in total. The summed E-state index contributed by atoms with van der Waals surface area (Å²) in [6.07, 6.45) is 0. The van der Waals surface area contributed by atoms with Crippen molar-refractivity contribution in [1.29, 1.82) is 0 Å². The average molecular weight is 171 g/mol.